The molecule has 3 N–H and O–H groups in total. The summed E-state index contributed by atoms with van der Waals surface area (Å²) in [6.45, 7) is 0.705. The molecule has 3 rings (SSSR count). The number of thioether (sulfide) groups is 1. The summed E-state index contributed by atoms with van der Waals surface area (Å²) < 4.78 is 68.0. The third-order valence-electron chi connectivity index (χ3n) is 5.76. The van der Waals surface area contributed by atoms with Crippen LogP contribution >= 0.6 is 11.8 Å². The van der Waals surface area contributed by atoms with E-state index < -0.39 is 41.4 Å². The molecular formula is C23H29F4N3O6S. The van der Waals surface area contributed by atoms with Gasteiger partial charge in [0.2, 0.25) is 23.3 Å². The van der Waals surface area contributed by atoms with Crippen molar-refractivity contribution in [2.24, 2.45) is 0 Å². The number of benzene rings is 1. The highest BCUT2D eigenvalue weighted by atomic mass is 32.2. The second-order valence-corrected chi connectivity index (χ2v) is 9.74. The van der Waals surface area contributed by atoms with Crippen molar-refractivity contribution in [3.8, 4) is 5.75 Å². The predicted octanol–water partition coefficient (Wildman–Crippen LogP) is 2.41. The molecule has 1 aromatic carbocycles. The summed E-state index contributed by atoms with van der Waals surface area (Å²) in [7, 11) is 0. The molecule has 2 saturated heterocycles. The number of hydrogen-bond donors (Lipinski definition) is 3. The van der Waals surface area contributed by atoms with Gasteiger partial charge in [-0.2, -0.15) is 20.5 Å². The van der Waals surface area contributed by atoms with Gasteiger partial charge in [0, 0.05) is 30.0 Å². The summed E-state index contributed by atoms with van der Waals surface area (Å²) in [5, 5.41) is 8.99. The lowest BCUT2D eigenvalue weighted by atomic mass is 10.0. The van der Waals surface area contributed by atoms with Crippen LogP contribution in [0.25, 0.3) is 0 Å². The number of carbonyl (C=O) groups excluding carboxylic acids is 3. The fraction of sp³-hybridized carbons (Fsp3) is 0.609. The van der Waals surface area contributed by atoms with Gasteiger partial charge in [-0.25, -0.2) is 13.6 Å². The lowest BCUT2D eigenvalue weighted by molar-refractivity contribution is -0.136. The minimum Gasteiger partial charge on any atom is -0.420 e. The summed E-state index contributed by atoms with van der Waals surface area (Å²) in [6, 6.07) is 0.273. The van der Waals surface area contributed by atoms with E-state index in [0.29, 0.717) is 18.2 Å². The summed E-state index contributed by atoms with van der Waals surface area (Å²) in [6.07, 6.45) is 2.60. The number of rotatable bonds is 15. The van der Waals surface area contributed by atoms with E-state index in [1.54, 1.807) is 0 Å². The van der Waals surface area contributed by atoms with Gasteiger partial charge in [-0.1, -0.05) is 6.42 Å². The molecule has 206 valence electrons. The van der Waals surface area contributed by atoms with Crippen molar-refractivity contribution in [2.75, 3.05) is 38.7 Å². The van der Waals surface area contributed by atoms with Gasteiger partial charge in [0.15, 0.2) is 11.6 Å². The fourth-order valence-corrected chi connectivity index (χ4v) is 5.45. The Hall–Kier alpha value is -2.58. The molecule has 0 aromatic heterocycles. The van der Waals surface area contributed by atoms with Crippen LogP contribution in [0.2, 0.25) is 0 Å². The molecule has 2 aliphatic rings. The first-order chi connectivity index (χ1) is 17.8. The standard InChI is InChI=1S/C23H29F4N3O6S/c24-13-11-14(25)20(27)22(19(13)26)36-18(32)5-7-34-9-10-35-8-6-28-17(31)4-2-1-3-16-21-15(12-37-16)29-23(33)30-21/h11,15-16,21H,1-10,12H2,(H,28,31)(H2,29,30,33). The van der Waals surface area contributed by atoms with Crippen LogP contribution in [0.3, 0.4) is 0 Å². The highest BCUT2D eigenvalue weighted by molar-refractivity contribution is 8.00. The Morgan fingerprint density at radius 1 is 0.973 bits per heavy atom. The van der Waals surface area contributed by atoms with Crippen molar-refractivity contribution < 1.29 is 46.2 Å². The molecular weight excluding hydrogens is 522 g/mol. The smallest absolute Gasteiger partial charge is 0.315 e. The van der Waals surface area contributed by atoms with E-state index >= 15 is 0 Å². The van der Waals surface area contributed by atoms with Gasteiger partial charge in [-0.15, -0.1) is 0 Å². The molecule has 0 aliphatic carbocycles. The van der Waals surface area contributed by atoms with Gasteiger partial charge in [-0.05, 0) is 12.8 Å². The highest BCUT2D eigenvalue weighted by Crippen LogP contribution is 2.33. The minimum atomic E-state index is -1.80. The van der Waals surface area contributed by atoms with Crippen molar-refractivity contribution in [1.82, 2.24) is 16.0 Å². The molecule has 0 radical (unpaired) electrons. The first-order valence-corrected chi connectivity index (χ1v) is 13.0. The van der Waals surface area contributed by atoms with Crippen LogP contribution in [0.1, 0.15) is 32.1 Å². The number of ether oxygens (including phenoxy) is 3. The maximum absolute atomic E-state index is 13.5. The van der Waals surface area contributed by atoms with E-state index in [2.05, 4.69) is 20.7 Å². The number of halogens is 4. The Bertz CT molecular complexity index is 947. The Morgan fingerprint density at radius 2 is 1.68 bits per heavy atom. The average molecular weight is 552 g/mol. The third kappa shape index (κ3) is 8.75. The van der Waals surface area contributed by atoms with Gasteiger partial charge in [0.25, 0.3) is 0 Å². The molecule has 3 amide bonds. The Kier molecular flexibility index (Phi) is 11.3. The van der Waals surface area contributed by atoms with Gasteiger partial charge in [0.1, 0.15) is 0 Å². The quantitative estimate of drug-likeness (QED) is 0.0766. The van der Waals surface area contributed by atoms with Crippen LogP contribution in [-0.4, -0.2) is 74.0 Å². The molecule has 2 heterocycles. The monoisotopic (exact) mass is 551 g/mol. The summed E-state index contributed by atoms with van der Waals surface area (Å²) in [5.74, 6) is -8.68. The molecule has 3 unspecified atom stereocenters. The van der Waals surface area contributed by atoms with E-state index in [4.69, 9.17) is 9.47 Å². The number of carbonyl (C=O) groups is 3. The second kappa shape index (κ2) is 14.4. The van der Waals surface area contributed by atoms with E-state index in [9.17, 15) is 31.9 Å². The van der Waals surface area contributed by atoms with Crippen LogP contribution in [-0.2, 0) is 19.1 Å². The number of amides is 3. The number of unbranched alkanes of at least 4 members (excludes halogenated alkanes) is 1. The van der Waals surface area contributed by atoms with Crippen LogP contribution in [0.4, 0.5) is 22.4 Å². The van der Waals surface area contributed by atoms with Gasteiger partial charge in [0.05, 0.1) is 44.9 Å². The zero-order valence-electron chi connectivity index (χ0n) is 20.0. The number of esters is 1. The molecule has 9 nitrogen and oxygen atoms in total. The second-order valence-electron chi connectivity index (χ2n) is 8.46. The average Bonchev–Trinajstić information content (AvgIpc) is 3.41. The van der Waals surface area contributed by atoms with Crippen LogP contribution < -0.4 is 20.7 Å². The van der Waals surface area contributed by atoms with Gasteiger partial charge >= 0.3 is 12.0 Å². The lowest BCUT2D eigenvalue weighted by Gasteiger charge is -2.16. The first kappa shape index (κ1) is 29.0. The van der Waals surface area contributed by atoms with E-state index in [1.165, 1.54) is 0 Å². The molecule has 1 aromatic rings. The summed E-state index contributed by atoms with van der Waals surface area (Å²) in [5.41, 5.74) is 0. The van der Waals surface area contributed by atoms with Crippen molar-refractivity contribution in [3.63, 3.8) is 0 Å². The zero-order valence-corrected chi connectivity index (χ0v) is 20.8. The molecule has 37 heavy (non-hydrogen) atoms. The Labute approximate surface area is 215 Å². The van der Waals surface area contributed by atoms with Crippen LogP contribution in [0.15, 0.2) is 6.07 Å². The Morgan fingerprint density at radius 3 is 2.41 bits per heavy atom. The number of hydrogen-bond acceptors (Lipinski definition) is 7. The van der Waals surface area contributed by atoms with Gasteiger partial charge in [-0.3, -0.25) is 9.59 Å². The van der Waals surface area contributed by atoms with E-state index in [1.807, 2.05) is 11.8 Å². The van der Waals surface area contributed by atoms with Crippen molar-refractivity contribution in [2.45, 2.75) is 49.4 Å². The molecule has 2 fully saturated rings. The maximum Gasteiger partial charge on any atom is 0.315 e. The number of fused-ring (bicyclic) bond motifs is 1. The van der Waals surface area contributed by atoms with Crippen molar-refractivity contribution in [1.29, 1.82) is 0 Å². The van der Waals surface area contributed by atoms with Crippen LogP contribution in [0, 0.1) is 23.3 Å². The molecule has 0 saturated carbocycles. The molecule has 0 bridgehead atoms. The molecule has 14 heteroatoms. The zero-order chi connectivity index (χ0) is 26.8. The van der Waals surface area contributed by atoms with E-state index in [-0.39, 0.29) is 56.5 Å². The lowest BCUT2D eigenvalue weighted by Crippen LogP contribution is -2.36. The first-order valence-electron chi connectivity index (χ1n) is 11.9. The summed E-state index contributed by atoms with van der Waals surface area (Å²) in [4.78, 5) is 34.9. The normalized spacial score (nSPS) is 20.3. The highest BCUT2D eigenvalue weighted by Gasteiger charge is 2.42. The predicted molar refractivity (Wildman–Crippen MR) is 125 cm³/mol. The van der Waals surface area contributed by atoms with Crippen molar-refractivity contribution in [3.05, 3.63) is 29.3 Å². The minimum absolute atomic E-state index is 0.0131. The SMILES string of the molecule is O=C(CCCCC1SCC2NC(=O)NC21)NCCOCCOCCC(=O)Oc1c(F)c(F)cc(F)c1F. The van der Waals surface area contributed by atoms with E-state index in [0.717, 1.165) is 25.0 Å². The van der Waals surface area contributed by atoms with Crippen LogP contribution in [0.5, 0.6) is 5.75 Å². The molecule has 0 spiro atoms. The fourth-order valence-electron chi connectivity index (χ4n) is 3.91. The number of urea groups is 1. The van der Waals surface area contributed by atoms with Gasteiger partial charge < -0.3 is 30.2 Å². The Balaban J connectivity index is 1.14. The van der Waals surface area contributed by atoms with Crippen molar-refractivity contribution >= 4 is 29.7 Å². The summed E-state index contributed by atoms with van der Waals surface area (Å²) >= 11 is 1.85. The largest absolute Gasteiger partial charge is 0.420 e. The maximum atomic E-state index is 13.5. The molecule has 3 atom stereocenters. The topological polar surface area (TPSA) is 115 Å². The number of nitrogens with one attached hydrogen (secondary N) is 3. The third-order valence-corrected chi connectivity index (χ3v) is 7.27. The molecule has 2 aliphatic heterocycles.